The summed E-state index contributed by atoms with van der Waals surface area (Å²) in [4.78, 5) is 44.9. The summed E-state index contributed by atoms with van der Waals surface area (Å²) in [5, 5.41) is 4.84. The summed E-state index contributed by atoms with van der Waals surface area (Å²) in [7, 11) is 3.09. The Morgan fingerprint density at radius 1 is 1.02 bits per heavy atom. The largest absolute Gasteiger partial charge is 0.488 e. The van der Waals surface area contributed by atoms with Gasteiger partial charge in [0.25, 0.3) is 0 Å². The van der Waals surface area contributed by atoms with Gasteiger partial charge in [0.15, 0.2) is 0 Å². The molecule has 1 saturated heterocycles. The smallest absolute Gasteiger partial charge is 0.407 e. The lowest BCUT2D eigenvalue weighted by Gasteiger charge is -2.32. The summed E-state index contributed by atoms with van der Waals surface area (Å²) in [5.74, 6) is 3.47. The molecule has 2 amide bonds. The van der Waals surface area contributed by atoms with Crippen LogP contribution in [0.15, 0.2) is 48.7 Å². The summed E-state index contributed by atoms with van der Waals surface area (Å²) >= 11 is 0. The van der Waals surface area contributed by atoms with Gasteiger partial charge in [-0.3, -0.25) is 4.79 Å². The molecule has 4 heterocycles. The lowest BCUT2D eigenvalue weighted by atomic mass is 9.92. The second kappa shape index (κ2) is 13.3. The molecule has 3 aliphatic rings. The molecule has 0 spiro atoms. The maximum Gasteiger partial charge on any atom is 0.407 e. The van der Waals surface area contributed by atoms with Crippen molar-refractivity contribution in [2.24, 2.45) is 11.8 Å². The maximum absolute atomic E-state index is 13.9. The van der Waals surface area contributed by atoms with Crippen LogP contribution >= 0.6 is 0 Å². The zero-order valence-corrected chi connectivity index (χ0v) is 29.9. The number of alkyl carbamates (subject to hydrolysis) is 1. The van der Waals surface area contributed by atoms with Gasteiger partial charge < -0.3 is 34.4 Å². The quantitative estimate of drug-likeness (QED) is 0.152. The highest BCUT2D eigenvalue weighted by Gasteiger charge is 2.41. The summed E-state index contributed by atoms with van der Waals surface area (Å²) in [6, 6.07) is 14.1. The Hall–Kier alpha value is -4.90. The number of nitrogens with one attached hydrogen (secondary N) is 3. The van der Waals surface area contributed by atoms with Gasteiger partial charge in [-0.25, -0.2) is 14.8 Å². The van der Waals surface area contributed by atoms with Crippen LogP contribution in [0.4, 0.5) is 4.79 Å². The van der Waals surface area contributed by atoms with Crippen LogP contribution < -0.4 is 10.1 Å². The molecule has 3 N–H and O–H groups in total. The van der Waals surface area contributed by atoms with E-state index in [0.717, 1.165) is 93.9 Å². The molecule has 0 radical (unpaired) electrons. The summed E-state index contributed by atoms with van der Waals surface area (Å²) in [6.07, 6.45) is 6.40. The summed E-state index contributed by atoms with van der Waals surface area (Å²) < 4.78 is 16.6. The van der Waals surface area contributed by atoms with E-state index < -0.39 is 12.1 Å². The number of ether oxygens (including phenoxy) is 3. The van der Waals surface area contributed by atoms with Gasteiger partial charge >= 0.3 is 6.09 Å². The van der Waals surface area contributed by atoms with Gasteiger partial charge in [-0.2, -0.15) is 0 Å². The molecule has 0 unspecified atom stereocenters. The van der Waals surface area contributed by atoms with Gasteiger partial charge in [-0.15, -0.1) is 0 Å². The number of imidazole rings is 2. The van der Waals surface area contributed by atoms with Crippen molar-refractivity contribution in [3.05, 3.63) is 65.9 Å². The molecular weight excluding hydrogens is 644 g/mol. The molecule has 5 aromatic rings. The van der Waals surface area contributed by atoms with E-state index >= 15 is 0 Å². The molecule has 1 aliphatic carbocycles. The molecule has 11 nitrogen and oxygen atoms in total. The van der Waals surface area contributed by atoms with E-state index in [0.29, 0.717) is 18.4 Å². The SMILES string of the molecule is COC[C@@H]1CC[C@H](c2ncc(-c3ccc4c(c3)COc3cc5c(ccc6nc([C@@H]7CC[C@H](C)N7C(=O)[C@@H](NC(=O)OC)C(C)C)[nH]c65)cc3-4)[nH]2)C1. The van der Waals surface area contributed by atoms with E-state index in [4.69, 9.17) is 24.2 Å². The van der Waals surface area contributed by atoms with Crippen molar-refractivity contribution >= 4 is 33.8 Å². The van der Waals surface area contributed by atoms with Gasteiger partial charge in [-0.1, -0.05) is 32.0 Å². The number of rotatable bonds is 8. The number of methoxy groups -OCH3 is 2. The van der Waals surface area contributed by atoms with Crippen LogP contribution in [-0.4, -0.2) is 69.7 Å². The molecule has 8 rings (SSSR count). The van der Waals surface area contributed by atoms with E-state index in [9.17, 15) is 9.59 Å². The Labute approximate surface area is 297 Å². The van der Waals surface area contributed by atoms with E-state index in [1.807, 2.05) is 31.0 Å². The lowest BCUT2D eigenvalue weighted by molar-refractivity contribution is -0.137. The van der Waals surface area contributed by atoms with Crippen LogP contribution in [0.5, 0.6) is 5.75 Å². The zero-order valence-electron chi connectivity index (χ0n) is 29.9. The fourth-order valence-corrected chi connectivity index (χ4v) is 8.52. The molecule has 11 heteroatoms. The molecule has 51 heavy (non-hydrogen) atoms. The lowest BCUT2D eigenvalue weighted by Crippen LogP contribution is -2.52. The third-order valence-corrected chi connectivity index (χ3v) is 11.2. The van der Waals surface area contributed by atoms with Crippen molar-refractivity contribution in [1.82, 2.24) is 30.2 Å². The number of hydrogen-bond acceptors (Lipinski definition) is 7. The van der Waals surface area contributed by atoms with Gasteiger partial charge in [0, 0.05) is 36.6 Å². The minimum absolute atomic E-state index is 0.00520. The fourth-order valence-electron chi connectivity index (χ4n) is 8.52. The van der Waals surface area contributed by atoms with E-state index in [2.05, 4.69) is 58.6 Å². The number of amides is 2. The van der Waals surface area contributed by atoms with Gasteiger partial charge in [0.1, 0.15) is 30.0 Å². The van der Waals surface area contributed by atoms with Gasteiger partial charge in [-0.05, 0) is 97.2 Å². The fraction of sp³-hybridized carbons (Fsp3) is 0.450. The molecule has 2 fully saturated rings. The third-order valence-electron chi connectivity index (χ3n) is 11.2. The average Bonchev–Trinajstić information content (AvgIpc) is 3.95. The number of fused-ring (bicyclic) bond motifs is 6. The molecule has 0 bridgehead atoms. The molecular formula is C40H46N6O5. The van der Waals surface area contributed by atoms with Crippen molar-refractivity contribution in [1.29, 1.82) is 0 Å². The standard InChI is InChI=1S/C40H46N6O5/c1-21(2)35(45-40(48)50-5)39(47)46-22(3)6-13-33(46)38-42-31-12-10-24-16-30-28-11-9-25(15-27(28)20-51-34(30)17-29(24)36(31)44-38)32-18-41-37(43-32)26-8-7-23(14-26)19-49-4/h9-12,15-18,21-23,26,33,35H,6-8,13-14,19-20H2,1-5H3,(H,41,43)(H,42,44)(H,45,48)/t22-,23+,26-,33-,35-/m0/s1. The first-order valence-electron chi connectivity index (χ1n) is 18.2. The Kier molecular flexibility index (Phi) is 8.70. The number of benzene rings is 3. The van der Waals surface area contributed by atoms with Crippen LogP contribution in [-0.2, 0) is 20.9 Å². The van der Waals surface area contributed by atoms with E-state index in [1.54, 1.807) is 7.11 Å². The van der Waals surface area contributed by atoms with Crippen molar-refractivity contribution < 1.29 is 23.8 Å². The van der Waals surface area contributed by atoms with Crippen LogP contribution in [0.2, 0.25) is 0 Å². The first kappa shape index (κ1) is 33.3. The molecule has 2 aliphatic heterocycles. The third kappa shape index (κ3) is 6.01. The number of likely N-dealkylation sites (tertiary alicyclic amines) is 1. The number of carbonyl (C=O) groups is 2. The van der Waals surface area contributed by atoms with Crippen LogP contribution in [0.25, 0.3) is 44.2 Å². The molecule has 5 atom stereocenters. The minimum Gasteiger partial charge on any atom is -0.488 e. The predicted molar refractivity (Wildman–Crippen MR) is 195 cm³/mol. The number of nitrogens with zero attached hydrogens (tertiary/aromatic N) is 3. The van der Waals surface area contributed by atoms with Crippen molar-refractivity contribution in [3.8, 4) is 28.1 Å². The Morgan fingerprint density at radius 2 is 1.88 bits per heavy atom. The highest BCUT2D eigenvalue weighted by atomic mass is 16.5. The van der Waals surface area contributed by atoms with Crippen molar-refractivity contribution in [3.63, 3.8) is 0 Å². The number of carbonyl (C=O) groups excluding carboxylic acids is 2. The van der Waals surface area contributed by atoms with Crippen LogP contribution in [0.3, 0.4) is 0 Å². The normalized spacial score (nSPS) is 21.9. The highest BCUT2D eigenvalue weighted by Crippen LogP contribution is 2.44. The highest BCUT2D eigenvalue weighted by molar-refractivity contribution is 6.07. The second-order valence-corrected chi connectivity index (χ2v) is 14.9. The van der Waals surface area contributed by atoms with Crippen molar-refractivity contribution in [2.75, 3.05) is 20.8 Å². The van der Waals surface area contributed by atoms with Gasteiger partial charge in [0.2, 0.25) is 5.91 Å². The monoisotopic (exact) mass is 690 g/mol. The number of hydrogen-bond donors (Lipinski definition) is 3. The minimum atomic E-state index is -0.698. The zero-order chi connectivity index (χ0) is 35.4. The van der Waals surface area contributed by atoms with E-state index in [1.165, 1.54) is 19.1 Å². The summed E-state index contributed by atoms with van der Waals surface area (Å²) in [6.45, 7) is 7.19. The van der Waals surface area contributed by atoms with Crippen molar-refractivity contribution in [2.45, 2.75) is 83.5 Å². The first-order valence-corrected chi connectivity index (χ1v) is 18.2. The Morgan fingerprint density at radius 3 is 2.69 bits per heavy atom. The summed E-state index contributed by atoms with van der Waals surface area (Å²) in [5.41, 5.74) is 7.26. The predicted octanol–water partition coefficient (Wildman–Crippen LogP) is 7.63. The number of aromatic amines is 2. The second-order valence-electron chi connectivity index (χ2n) is 14.9. The number of aromatic nitrogens is 4. The number of H-pyrrole nitrogens is 2. The first-order chi connectivity index (χ1) is 24.7. The van der Waals surface area contributed by atoms with Gasteiger partial charge in [0.05, 0.1) is 36.1 Å². The van der Waals surface area contributed by atoms with Crippen LogP contribution in [0, 0.1) is 11.8 Å². The topological polar surface area (TPSA) is 134 Å². The Bertz CT molecular complexity index is 2120. The Balaban J connectivity index is 1.07. The van der Waals surface area contributed by atoms with E-state index in [-0.39, 0.29) is 23.9 Å². The molecule has 1 saturated carbocycles. The molecule has 266 valence electrons. The average molecular weight is 691 g/mol. The molecule has 2 aromatic heterocycles. The maximum atomic E-state index is 13.9. The molecule has 3 aromatic carbocycles. The van der Waals surface area contributed by atoms with Crippen LogP contribution in [0.1, 0.15) is 82.0 Å².